The largest absolute Gasteiger partial charge is 0.481 e. The third-order valence-corrected chi connectivity index (χ3v) is 3.34. The number of fused-ring (bicyclic) bond motifs is 1. The minimum absolute atomic E-state index is 0.162. The predicted octanol–water partition coefficient (Wildman–Crippen LogP) is 1.35. The van der Waals surface area contributed by atoms with Crippen molar-refractivity contribution in [2.24, 2.45) is 5.92 Å². The van der Waals surface area contributed by atoms with Gasteiger partial charge in [0.2, 0.25) is 0 Å². The van der Waals surface area contributed by atoms with Crippen molar-refractivity contribution in [3.8, 4) is 0 Å². The standard InChI is InChI=1S/C14H18N4O3/c1-10(2-3-13(19)20)4-5-16-14(21)11-8-17-18-7-6-15-9-12(11)18/h6-10H,2-5H2,1H3,(H,16,21)(H,19,20). The number of aromatic nitrogens is 3. The molecule has 0 aliphatic rings. The van der Waals surface area contributed by atoms with Gasteiger partial charge in [-0.05, 0) is 18.8 Å². The number of aliphatic carboxylic acids is 1. The summed E-state index contributed by atoms with van der Waals surface area (Å²) in [5, 5.41) is 15.5. The average Bonchev–Trinajstić information content (AvgIpc) is 2.89. The van der Waals surface area contributed by atoms with Gasteiger partial charge in [-0.3, -0.25) is 14.6 Å². The number of amides is 1. The number of hydrogen-bond acceptors (Lipinski definition) is 4. The highest BCUT2D eigenvalue weighted by Crippen LogP contribution is 2.11. The van der Waals surface area contributed by atoms with Crippen molar-refractivity contribution in [3.63, 3.8) is 0 Å². The van der Waals surface area contributed by atoms with E-state index < -0.39 is 5.97 Å². The van der Waals surface area contributed by atoms with E-state index in [9.17, 15) is 9.59 Å². The summed E-state index contributed by atoms with van der Waals surface area (Å²) in [5.74, 6) is -0.722. The lowest BCUT2D eigenvalue weighted by Crippen LogP contribution is -2.25. The van der Waals surface area contributed by atoms with E-state index in [-0.39, 0.29) is 18.2 Å². The molecule has 0 bridgehead atoms. The summed E-state index contributed by atoms with van der Waals surface area (Å²) >= 11 is 0. The Morgan fingerprint density at radius 3 is 2.95 bits per heavy atom. The van der Waals surface area contributed by atoms with Gasteiger partial charge >= 0.3 is 5.97 Å². The molecular weight excluding hydrogens is 272 g/mol. The molecule has 0 aromatic carbocycles. The molecule has 1 amide bonds. The van der Waals surface area contributed by atoms with Gasteiger partial charge in [-0.15, -0.1) is 0 Å². The van der Waals surface area contributed by atoms with Gasteiger partial charge < -0.3 is 10.4 Å². The van der Waals surface area contributed by atoms with Crippen LogP contribution >= 0.6 is 0 Å². The molecule has 0 aliphatic heterocycles. The van der Waals surface area contributed by atoms with Gasteiger partial charge in [0.05, 0.1) is 23.5 Å². The second kappa shape index (κ2) is 6.83. The fraction of sp³-hybridized carbons (Fsp3) is 0.429. The monoisotopic (exact) mass is 290 g/mol. The van der Waals surface area contributed by atoms with Crippen molar-refractivity contribution < 1.29 is 14.7 Å². The van der Waals surface area contributed by atoms with Gasteiger partial charge in [0, 0.05) is 25.4 Å². The number of carbonyl (C=O) groups excluding carboxylic acids is 1. The van der Waals surface area contributed by atoms with Crippen molar-refractivity contribution in [1.82, 2.24) is 19.9 Å². The number of carboxylic acid groups (broad SMARTS) is 1. The van der Waals surface area contributed by atoms with E-state index >= 15 is 0 Å². The Hall–Kier alpha value is -2.44. The van der Waals surface area contributed by atoms with E-state index in [4.69, 9.17) is 5.11 Å². The van der Waals surface area contributed by atoms with Crippen molar-refractivity contribution in [1.29, 1.82) is 0 Å². The van der Waals surface area contributed by atoms with Gasteiger partial charge in [0.25, 0.3) is 5.91 Å². The molecule has 0 saturated heterocycles. The van der Waals surface area contributed by atoms with Gasteiger partial charge in [-0.25, -0.2) is 4.52 Å². The molecule has 7 nitrogen and oxygen atoms in total. The topological polar surface area (TPSA) is 96.6 Å². The first-order valence-corrected chi connectivity index (χ1v) is 6.85. The minimum atomic E-state index is -0.787. The minimum Gasteiger partial charge on any atom is -0.481 e. The van der Waals surface area contributed by atoms with Crippen LogP contribution in [-0.4, -0.2) is 38.1 Å². The Morgan fingerprint density at radius 1 is 1.38 bits per heavy atom. The second-order valence-electron chi connectivity index (χ2n) is 5.05. The lowest BCUT2D eigenvalue weighted by atomic mass is 10.0. The lowest BCUT2D eigenvalue weighted by Gasteiger charge is -2.10. The highest BCUT2D eigenvalue weighted by atomic mass is 16.4. The zero-order valence-corrected chi connectivity index (χ0v) is 11.8. The Labute approximate surface area is 122 Å². The lowest BCUT2D eigenvalue weighted by molar-refractivity contribution is -0.137. The van der Waals surface area contributed by atoms with Crippen LogP contribution in [0.3, 0.4) is 0 Å². The molecular formula is C14H18N4O3. The summed E-state index contributed by atoms with van der Waals surface area (Å²) in [6.07, 6.45) is 7.92. The molecule has 0 fully saturated rings. The summed E-state index contributed by atoms with van der Waals surface area (Å²) < 4.78 is 1.59. The summed E-state index contributed by atoms with van der Waals surface area (Å²) in [7, 11) is 0. The fourth-order valence-corrected chi connectivity index (χ4v) is 2.05. The Bertz CT molecular complexity index is 638. The first-order valence-electron chi connectivity index (χ1n) is 6.85. The van der Waals surface area contributed by atoms with Gasteiger partial charge in [0.1, 0.15) is 0 Å². The van der Waals surface area contributed by atoms with E-state index in [1.165, 1.54) is 6.20 Å². The summed E-state index contributed by atoms with van der Waals surface area (Å²) in [6, 6.07) is 0. The maximum absolute atomic E-state index is 12.1. The number of nitrogens with one attached hydrogen (secondary N) is 1. The van der Waals surface area contributed by atoms with Crippen LogP contribution in [0.2, 0.25) is 0 Å². The Kier molecular flexibility index (Phi) is 4.86. The van der Waals surface area contributed by atoms with Gasteiger partial charge in [0.15, 0.2) is 0 Å². The number of rotatable bonds is 7. The quantitative estimate of drug-likeness (QED) is 0.802. The smallest absolute Gasteiger partial charge is 0.303 e. The van der Waals surface area contributed by atoms with Crippen LogP contribution in [0.15, 0.2) is 24.8 Å². The molecule has 21 heavy (non-hydrogen) atoms. The normalized spacial score (nSPS) is 12.2. The van der Waals surface area contributed by atoms with Gasteiger partial charge in [-0.2, -0.15) is 5.10 Å². The molecule has 1 unspecified atom stereocenters. The van der Waals surface area contributed by atoms with E-state index in [0.717, 1.165) is 6.42 Å². The maximum Gasteiger partial charge on any atom is 0.303 e. The molecule has 2 aromatic heterocycles. The predicted molar refractivity (Wildman–Crippen MR) is 76.0 cm³/mol. The van der Waals surface area contributed by atoms with E-state index in [2.05, 4.69) is 15.4 Å². The summed E-state index contributed by atoms with van der Waals surface area (Å²) in [6.45, 7) is 2.49. The van der Waals surface area contributed by atoms with Crippen molar-refractivity contribution >= 4 is 17.4 Å². The molecule has 2 heterocycles. The number of nitrogens with zero attached hydrogens (tertiary/aromatic N) is 3. The third-order valence-electron chi connectivity index (χ3n) is 3.34. The number of carbonyl (C=O) groups is 2. The zero-order chi connectivity index (χ0) is 15.2. The van der Waals surface area contributed by atoms with Crippen LogP contribution in [0.25, 0.3) is 5.52 Å². The van der Waals surface area contributed by atoms with Crippen molar-refractivity contribution in [3.05, 3.63) is 30.4 Å². The van der Waals surface area contributed by atoms with E-state index in [1.807, 2.05) is 6.92 Å². The number of carboxylic acids is 1. The van der Waals surface area contributed by atoms with Crippen LogP contribution in [0, 0.1) is 5.92 Å². The SMILES string of the molecule is CC(CCNC(=O)c1cnn2ccncc12)CCC(=O)O. The highest BCUT2D eigenvalue weighted by molar-refractivity contribution is 6.00. The van der Waals surface area contributed by atoms with Crippen LogP contribution < -0.4 is 5.32 Å². The molecule has 112 valence electrons. The zero-order valence-electron chi connectivity index (χ0n) is 11.8. The molecule has 0 radical (unpaired) electrons. The second-order valence-corrected chi connectivity index (χ2v) is 5.05. The fourth-order valence-electron chi connectivity index (χ4n) is 2.05. The maximum atomic E-state index is 12.1. The average molecular weight is 290 g/mol. The Balaban J connectivity index is 1.83. The van der Waals surface area contributed by atoms with Crippen LogP contribution in [0.4, 0.5) is 0 Å². The molecule has 0 aliphatic carbocycles. The summed E-state index contributed by atoms with van der Waals surface area (Å²) in [4.78, 5) is 26.5. The molecule has 2 rings (SSSR count). The molecule has 7 heteroatoms. The third kappa shape index (κ3) is 4.01. The Morgan fingerprint density at radius 2 is 2.19 bits per heavy atom. The van der Waals surface area contributed by atoms with Crippen LogP contribution in [-0.2, 0) is 4.79 Å². The molecule has 2 aromatic rings. The van der Waals surface area contributed by atoms with Crippen LogP contribution in [0.5, 0.6) is 0 Å². The highest BCUT2D eigenvalue weighted by Gasteiger charge is 2.12. The van der Waals surface area contributed by atoms with Crippen molar-refractivity contribution in [2.75, 3.05) is 6.54 Å². The number of hydrogen-bond donors (Lipinski definition) is 2. The first-order chi connectivity index (χ1) is 10.1. The summed E-state index contributed by atoms with van der Waals surface area (Å²) in [5.41, 5.74) is 1.15. The molecule has 0 saturated carbocycles. The molecule has 1 atom stereocenters. The van der Waals surface area contributed by atoms with Gasteiger partial charge in [-0.1, -0.05) is 6.92 Å². The van der Waals surface area contributed by atoms with Crippen LogP contribution in [0.1, 0.15) is 36.5 Å². The van der Waals surface area contributed by atoms with E-state index in [0.29, 0.717) is 24.0 Å². The molecule has 0 spiro atoms. The van der Waals surface area contributed by atoms with E-state index in [1.54, 1.807) is 23.1 Å². The van der Waals surface area contributed by atoms with Crippen molar-refractivity contribution in [2.45, 2.75) is 26.2 Å². The molecule has 2 N–H and O–H groups in total. The first kappa shape index (κ1) is 15.0.